The third-order valence-corrected chi connectivity index (χ3v) is 2.66. The topological polar surface area (TPSA) is 53.4 Å². The van der Waals surface area contributed by atoms with Crippen molar-refractivity contribution in [1.82, 2.24) is 9.88 Å². The molecule has 5 heteroatoms. The van der Waals surface area contributed by atoms with Gasteiger partial charge in [0.05, 0.1) is 12.1 Å². The molecule has 0 aliphatic carbocycles. The largest absolute Gasteiger partial charge is 0.395 e. The van der Waals surface area contributed by atoms with Crippen molar-refractivity contribution in [3.8, 4) is 0 Å². The molecule has 1 amide bonds. The number of aliphatic hydroxyl groups is 1. The standard InChI is InChI=1S/C13H13FN2O2/c1-16(6-7-17)13(18)11-5-3-9-2-4-10(14)8-12(9)15-11/h2-5,8,17H,6-7H2,1H3. The molecular formula is C13H13FN2O2. The Hall–Kier alpha value is -2.01. The van der Waals surface area contributed by atoms with Gasteiger partial charge in [0, 0.05) is 25.0 Å². The van der Waals surface area contributed by atoms with E-state index in [1.165, 1.54) is 17.0 Å². The molecule has 0 radical (unpaired) electrons. The second kappa shape index (κ2) is 5.10. The van der Waals surface area contributed by atoms with E-state index in [-0.39, 0.29) is 30.6 Å². The van der Waals surface area contributed by atoms with Crippen molar-refractivity contribution >= 4 is 16.8 Å². The molecular weight excluding hydrogens is 235 g/mol. The average molecular weight is 248 g/mol. The minimum atomic E-state index is -0.386. The van der Waals surface area contributed by atoms with Crippen LogP contribution < -0.4 is 0 Å². The number of aromatic nitrogens is 1. The molecule has 1 heterocycles. The Morgan fingerprint density at radius 2 is 2.11 bits per heavy atom. The van der Waals surface area contributed by atoms with Gasteiger partial charge in [0.25, 0.3) is 5.91 Å². The van der Waals surface area contributed by atoms with E-state index in [1.54, 1.807) is 25.2 Å². The van der Waals surface area contributed by atoms with Gasteiger partial charge in [-0.15, -0.1) is 0 Å². The number of carbonyl (C=O) groups excluding carboxylic acids is 1. The Labute approximate surface area is 104 Å². The van der Waals surface area contributed by atoms with Gasteiger partial charge < -0.3 is 10.0 Å². The van der Waals surface area contributed by atoms with Gasteiger partial charge in [-0.3, -0.25) is 4.79 Å². The number of rotatable bonds is 3. The molecule has 2 aromatic rings. The summed E-state index contributed by atoms with van der Waals surface area (Å²) in [4.78, 5) is 17.4. The monoisotopic (exact) mass is 248 g/mol. The molecule has 0 aliphatic heterocycles. The number of benzene rings is 1. The minimum absolute atomic E-state index is 0.107. The lowest BCUT2D eigenvalue weighted by Gasteiger charge is -2.15. The summed E-state index contributed by atoms with van der Waals surface area (Å²) in [5.41, 5.74) is 0.683. The molecule has 0 aliphatic rings. The van der Waals surface area contributed by atoms with E-state index in [9.17, 15) is 9.18 Å². The van der Waals surface area contributed by atoms with E-state index in [1.807, 2.05) is 0 Å². The average Bonchev–Trinajstić information content (AvgIpc) is 2.37. The van der Waals surface area contributed by atoms with Crippen molar-refractivity contribution in [2.75, 3.05) is 20.2 Å². The fourth-order valence-corrected chi connectivity index (χ4v) is 1.66. The van der Waals surface area contributed by atoms with E-state index in [4.69, 9.17) is 5.11 Å². The van der Waals surface area contributed by atoms with Crippen LogP contribution in [0.2, 0.25) is 0 Å². The van der Waals surface area contributed by atoms with Crippen LogP contribution in [0.5, 0.6) is 0 Å². The molecule has 1 N–H and O–H groups in total. The second-order valence-electron chi connectivity index (χ2n) is 3.98. The summed E-state index contributed by atoms with van der Waals surface area (Å²) in [6, 6.07) is 7.57. The highest BCUT2D eigenvalue weighted by molar-refractivity contribution is 5.94. The zero-order chi connectivity index (χ0) is 13.1. The fraction of sp³-hybridized carbons (Fsp3) is 0.231. The van der Waals surface area contributed by atoms with Crippen LogP contribution in [-0.4, -0.2) is 41.1 Å². The summed E-state index contributed by atoms with van der Waals surface area (Å²) < 4.78 is 13.1. The Kier molecular flexibility index (Phi) is 3.53. The van der Waals surface area contributed by atoms with Crippen LogP contribution in [0.1, 0.15) is 10.5 Å². The van der Waals surface area contributed by atoms with Gasteiger partial charge in [-0.2, -0.15) is 0 Å². The van der Waals surface area contributed by atoms with Crippen molar-refractivity contribution in [3.05, 3.63) is 41.8 Å². The number of amides is 1. The molecule has 0 atom stereocenters. The normalized spacial score (nSPS) is 10.6. The van der Waals surface area contributed by atoms with E-state index in [0.29, 0.717) is 5.52 Å². The Bertz CT molecular complexity index is 586. The van der Waals surface area contributed by atoms with Gasteiger partial charge in [-0.25, -0.2) is 9.37 Å². The Balaban J connectivity index is 2.37. The molecule has 1 aromatic carbocycles. The lowest BCUT2D eigenvalue weighted by atomic mass is 10.2. The van der Waals surface area contributed by atoms with Crippen molar-refractivity contribution < 1.29 is 14.3 Å². The molecule has 1 aromatic heterocycles. The first-order valence-electron chi connectivity index (χ1n) is 5.54. The van der Waals surface area contributed by atoms with Crippen LogP contribution in [0.25, 0.3) is 10.9 Å². The number of hydrogen-bond donors (Lipinski definition) is 1. The first-order valence-corrected chi connectivity index (χ1v) is 5.54. The molecule has 0 fully saturated rings. The Morgan fingerprint density at radius 1 is 1.39 bits per heavy atom. The molecule has 18 heavy (non-hydrogen) atoms. The fourth-order valence-electron chi connectivity index (χ4n) is 1.66. The predicted molar refractivity (Wildman–Crippen MR) is 65.7 cm³/mol. The lowest BCUT2D eigenvalue weighted by molar-refractivity contribution is 0.0761. The summed E-state index contributed by atoms with van der Waals surface area (Å²) in [6.07, 6.45) is 0. The number of carbonyl (C=O) groups is 1. The molecule has 94 valence electrons. The summed E-state index contributed by atoms with van der Waals surface area (Å²) in [5.74, 6) is -0.682. The minimum Gasteiger partial charge on any atom is -0.395 e. The molecule has 0 saturated heterocycles. The summed E-state index contributed by atoms with van der Waals surface area (Å²) in [7, 11) is 1.58. The maximum atomic E-state index is 13.1. The highest BCUT2D eigenvalue weighted by atomic mass is 19.1. The first-order chi connectivity index (χ1) is 8.61. The van der Waals surface area contributed by atoms with Crippen LogP contribution in [0.15, 0.2) is 30.3 Å². The zero-order valence-electron chi connectivity index (χ0n) is 9.93. The van der Waals surface area contributed by atoms with Gasteiger partial charge in [0.15, 0.2) is 0 Å². The first kappa shape index (κ1) is 12.4. The van der Waals surface area contributed by atoms with Crippen LogP contribution in [-0.2, 0) is 0 Å². The summed E-state index contributed by atoms with van der Waals surface area (Å²) in [5, 5.41) is 9.55. The van der Waals surface area contributed by atoms with Crippen LogP contribution in [0.3, 0.4) is 0 Å². The van der Waals surface area contributed by atoms with Gasteiger partial charge in [-0.05, 0) is 18.2 Å². The van der Waals surface area contributed by atoms with Crippen molar-refractivity contribution in [2.24, 2.45) is 0 Å². The zero-order valence-corrected chi connectivity index (χ0v) is 9.93. The molecule has 0 spiro atoms. The van der Waals surface area contributed by atoms with Crippen LogP contribution >= 0.6 is 0 Å². The number of aliphatic hydroxyl groups excluding tert-OH is 1. The van der Waals surface area contributed by atoms with Crippen LogP contribution in [0, 0.1) is 5.82 Å². The number of likely N-dealkylation sites (N-methyl/N-ethyl adjacent to an activating group) is 1. The summed E-state index contributed by atoms with van der Waals surface area (Å²) in [6.45, 7) is 0.131. The van der Waals surface area contributed by atoms with E-state index in [2.05, 4.69) is 4.98 Å². The van der Waals surface area contributed by atoms with Gasteiger partial charge in [0.1, 0.15) is 11.5 Å². The SMILES string of the molecule is CN(CCO)C(=O)c1ccc2ccc(F)cc2n1. The molecule has 0 saturated carbocycles. The number of halogens is 1. The van der Waals surface area contributed by atoms with Crippen LogP contribution in [0.4, 0.5) is 4.39 Å². The maximum absolute atomic E-state index is 13.1. The van der Waals surface area contributed by atoms with Gasteiger partial charge >= 0.3 is 0 Å². The lowest BCUT2D eigenvalue weighted by Crippen LogP contribution is -2.30. The van der Waals surface area contributed by atoms with Gasteiger partial charge in [-0.1, -0.05) is 6.07 Å². The molecule has 0 unspecified atom stereocenters. The van der Waals surface area contributed by atoms with E-state index < -0.39 is 0 Å². The van der Waals surface area contributed by atoms with E-state index in [0.717, 1.165) is 5.39 Å². The highest BCUT2D eigenvalue weighted by Gasteiger charge is 2.13. The number of nitrogens with zero attached hydrogens (tertiary/aromatic N) is 2. The van der Waals surface area contributed by atoms with Crippen molar-refractivity contribution in [1.29, 1.82) is 0 Å². The third-order valence-electron chi connectivity index (χ3n) is 2.66. The molecule has 4 nitrogen and oxygen atoms in total. The second-order valence-corrected chi connectivity index (χ2v) is 3.98. The Morgan fingerprint density at radius 3 is 2.83 bits per heavy atom. The smallest absolute Gasteiger partial charge is 0.272 e. The highest BCUT2D eigenvalue weighted by Crippen LogP contribution is 2.14. The number of hydrogen-bond acceptors (Lipinski definition) is 3. The summed E-state index contributed by atoms with van der Waals surface area (Å²) >= 11 is 0. The predicted octanol–water partition coefficient (Wildman–Crippen LogP) is 1.44. The number of fused-ring (bicyclic) bond motifs is 1. The quantitative estimate of drug-likeness (QED) is 0.894. The van der Waals surface area contributed by atoms with Crippen molar-refractivity contribution in [3.63, 3.8) is 0 Å². The number of pyridine rings is 1. The maximum Gasteiger partial charge on any atom is 0.272 e. The molecule has 0 bridgehead atoms. The van der Waals surface area contributed by atoms with Crippen molar-refractivity contribution in [2.45, 2.75) is 0 Å². The van der Waals surface area contributed by atoms with E-state index >= 15 is 0 Å². The third kappa shape index (κ3) is 2.46. The van der Waals surface area contributed by atoms with Gasteiger partial charge in [0.2, 0.25) is 0 Å². The molecule has 2 rings (SSSR count).